The van der Waals surface area contributed by atoms with Gasteiger partial charge < -0.3 is 5.32 Å². The number of carbonyl (C=O) groups excluding carboxylic acids is 1. The van der Waals surface area contributed by atoms with Crippen LogP contribution >= 0.6 is 11.3 Å². The van der Waals surface area contributed by atoms with Gasteiger partial charge >= 0.3 is 0 Å². The van der Waals surface area contributed by atoms with E-state index in [2.05, 4.69) is 31.0 Å². The van der Waals surface area contributed by atoms with Crippen molar-refractivity contribution in [1.82, 2.24) is 30.4 Å². The lowest BCUT2D eigenvalue weighted by Crippen LogP contribution is -2.14. The molecule has 0 aliphatic heterocycles. The van der Waals surface area contributed by atoms with Crippen LogP contribution in [0.5, 0.6) is 0 Å². The van der Waals surface area contributed by atoms with E-state index in [1.54, 1.807) is 6.07 Å². The highest BCUT2D eigenvalue weighted by Crippen LogP contribution is 2.23. The fourth-order valence-electron chi connectivity index (χ4n) is 1.83. The molecule has 2 N–H and O–H groups in total. The summed E-state index contributed by atoms with van der Waals surface area (Å²) >= 11 is 1.33. The van der Waals surface area contributed by atoms with E-state index in [1.165, 1.54) is 22.3 Å². The monoisotopic (exact) mass is 289 g/mol. The van der Waals surface area contributed by atoms with E-state index in [4.69, 9.17) is 0 Å². The van der Waals surface area contributed by atoms with Crippen molar-refractivity contribution in [2.45, 2.75) is 13.8 Å². The van der Waals surface area contributed by atoms with Crippen molar-refractivity contribution in [1.29, 1.82) is 0 Å². The Kier molecular flexibility index (Phi) is 3.03. The van der Waals surface area contributed by atoms with Crippen molar-refractivity contribution in [2.75, 3.05) is 5.32 Å². The fraction of sp³-hybridized carbons (Fsp3) is 0.182. The minimum atomic E-state index is -0.210. The number of hydrogen-bond acceptors (Lipinski definition) is 6. The van der Waals surface area contributed by atoms with E-state index < -0.39 is 0 Å². The van der Waals surface area contributed by atoms with E-state index in [9.17, 15) is 4.79 Å². The molecule has 102 valence electrons. The first-order chi connectivity index (χ1) is 9.66. The third-order valence-electron chi connectivity index (χ3n) is 2.81. The maximum Gasteiger partial charge on any atom is 0.268 e. The normalized spacial score (nSPS) is 10.7. The molecule has 0 unspecified atom stereocenters. The molecule has 1 amide bonds. The van der Waals surface area contributed by atoms with Crippen molar-refractivity contribution in [3.8, 4) is 5.69 Å². The van der Waals surface area contributed by atoms with E-state index in [0.29, 0.717) is 16.3 Å². The van der Waals surface area contributed by atoms with Crippen LogP contribution in [0.4, 0.5) is 5.69 Å². The van der Waals surface area contributed by atoms with Crippen LogP contribution in [0, 0.1) is 13.8 Å². The molecule has 0 fully saturated rings. The number of H-pyrrole nitrogens is 1. The van der Waals surface area contributed by atoms with Gasteiger partial charge in [-0.2, -0.15) is 9.78 Å². The summed E-state index contributed by atoms with van der Waals surface area (Å²) in [5.74, 6) is -0.210. The number of rotatable bonds is 3. The standard InChI is InChI=1S/C11H11N7OS/c1-6-9(7(2)15-14-6)13-11(19)10-8(3-4-20-10)18-5-12-16-17-18/h3-5H,1-2H3,(H,13,19)(H,14,15). The minimum absolute atomic E-state index is 0.210. The fourth-order valence-corrected chi connectivity index (χ4v) is 2.60. The molecule has 0 radical (unpaired) electrons. The Bertz CT molecular complexity index is 723. The summed E-state index contributed by atoms with van der Waals surface area (Å²) in [4.78, 5) is 12.9. The number of nitrogens with one attached hydrogen (secondary N) is 2. The van der Waals surface area contributed by atoms with Crippen LogP contribution in [-0.4, -0.2) is 36.3 Å². The Hall–Kier alpha value is -2.55. The van der Waals surface area contributed by atoms with Crippen LogP contribution in [0.3, 0.4) is 0 Å². The van der Waals surface area contributed by atoms with Gasteiger partial charge in [-0.05, 0) is 35.7 Å². The van der Waals surface area contributed by atoms with Crippen molar-refractivity contribution >= 4 is 22.9 Å². The second kappa shape index (κ2) is 4.85. The molecule has 9 heteroatoms. The molecule has 0 aliphatic rings. The van der Waals surface area contributed by atoms with Crippen LogP contribution < -0.4 is 5.32 Å². The predicted molar refractivity (Wildman–Crippen MR) is 73.0 cm³/mol. The van der Waals surface area contributed by atoms with E-state index >= 15 is 0 Å². The largest absolute Gasteiger partial charge is 0.318 e. The first-order valence-corrected chi connectivity index (χ1v) is 6.68. The van der Waals surface area contributed by atoms with Gasteiger partial charge in [-0.1, -0.05) is 0 Å². The number of tetrazole rings is 1. The zero-order valence-corrected chi connectivity index (χ0v) is 11.6. The summed E-state index contributed by atoms with van der Waals surface area (Å²) in [6.07, 6.45) is 1.45. The summed E-state index contributed by atoms with van der Waals surface area (Å²) in [5.41, 5.74) is 2.91. The Labute approximate surface area is 117 Å². The molecular formula is C11H11N7OS. The third-order valence-corrected chi connectivity index (χ3v) is 3.72. The zero-order chi connectivity index (χ0) is 14.1. The SMILES string of the molecule is Cc1n[nH]c(C)c1NC(=O)c1sccc1-n1cnnn1. The Morgan fingerprint density at radius 1 is 1.45 bits per heavy atom. The lowest BCUT2D eigenvalue weighted by atomic mass is 10.3. The molecule has 3 aromatic heterocycles. The molecule has 20 heavy (non-hydrogen) atoms. The topological polar surface area (TPSA) is 101 Å². The van der Waals surface area contributed by atoms with Crippen LogP contribution in [0.15, 0.2) is 17.8 Å². The van der Waals surface area contributed by atoms with Gasteiger partial charge in [-0.25, -0.2) is 0 Å². The highest BCUT2D eigenvalue weighted by atomic mass is 32.1. The number of carbonyl (C=O) groups is 1. The number of aromatic nitrogens is 6. The maximum absolute atomic E-state index is 12.4. The number of hydrogen-bond donors (Lipinski definition) is 2. The molecule has 0 aromatic carbocycles. The molecule has 0 saturated heterocycles. The van der Waals surface area contributed by atoms with Gasteiger partial charge in [0.2, 0.25) is 0 Å². The van der Waals surface area contributed by atoms with E-state index in [-0.39, 0.29) is 5.91 Å². The van der Waals surface area contributed by atoms with Crippen molar-refractivity contribution in [2.24, 2.45) is 0 Å². The molecule has 3 aromatic rings. The minimum Gasteiger partial charge on any atom is -0.318 e. The highest BCUT2D eigenvalue weighted by molar-refractivity contribution is 7.12. The molecule has 0 saturated carbocycles. The smallest absolute Gasteiger partial charge is 0.268 e. The van der Waals surface area contributed by atoms with Gasteiger partial charge in [0.1, 0.15) is 11.2 Å². The van der Waals surface area contributed by atoms with Crippen LogP contribution in [0.2, 0.25) is 0 Å². The maximum atomic E-state index is 12.4. The van der Waals surface area contributed by atoms with Gasteiger partial charge in [-0.3, -0.25) is 9.89 Å². The van der Waals surface area contributed by atoms with Crippen molar-refractivity contribution in [3.63, 3.8) is 0 Å². The molecule has 0 spiro atoms. The van der Waals surface area contributed by atoms with Crippen LogP contribution in [-0.2, 0) is 0 Å². The summed E-state index contributed by atoms with van der Waals surface area (Å²) in [7, 11) is 0. The van der Waals surface area contributed by atoms with E-state index in [0.717, 1.165) is 11.4 Å². The van der Waals surface area contributed by atoms with Gasteiger partial charge in [0.05, 0.1) is 22.8 Å². The summed E-state index contributed by atoms with van der Waals surface area (Å²) in [6.45, 7) is 3.68. The van der Waals surface area contributed by atoms with Gasteiger partial charge in [0.25, 0.3) is 5.91 Å². The average Bonchev–Trinajstić information content (AvgIpc) is 3.13. The molecule has 3 heterocycles. The molecule has 0 atom stereocenters. The number of thiophene rings is 1. The first-order valence-electron chi connectivity index (χ1n) is 5.80. The van der Waals surface area contributed by atoms with Crippen LogP contribution in [0.1, 0.15) is 21.1 Å². The van der Waals surface area contributed by atoms with Gasteiger partial charge in [-0.15, -0.1) is 16.4 Å². The lowest BCUT2D eigenvalue weighted by molar-refractivity contribution is 0.103. The Balaban J connectivity index is 1.91. The van der Waals surface area contributed by atoms with Crippen molar-refractivity contribution in [3.05, 3.63) is 34.0 Å². The number of aryl methyl sites for hydroxylation is 2. The summed E-state index contributed by atoms with van der Waals surface area (Å²) < 4.78 is 1.46. The zero-order valence-electron chi connectivity index (χ0n) is 10.8. The third kappa shape index (κ3) is 2.07. The number of nitrogens with zero attached hydrogens (tertiary/aromatic N) is 5. The van der Waals surface area contributed by atoms with Gasteiger partial charge in [0, 0.05) is 0 Å². The first kappa shape index (κ1) is 12.5. The quantitative estimate of drug-likeness (QED) is 0.757. The van der Waals surface area contributed by atoms with Crippen LogP contribution in [0.25, 0.3) is 5.69 Å². The van der Waals surface area contributed by atoms with E-state index in [1.807, 2.05) is 19.2 Å². The molecular weight excluding hydrogens is 278 g/mol. The highest BCUT2D eigenvalue weighted by Gasteiger charge is 2.18. The molecule has 8 nitrogen and oxygen atoms in total. The number of anilines is 1. The molecule has 0 aliphatic carbocycles. The number of amides is 1. The Morgan fingerprint density at radius 2 is 2.30 bits per heavy atom. The predicted octanol–water partition coefficient (Wildman–Crippen LogP) is 1.32. The number of aromatic amines is 1. The average molecular weight is 289 g/mol. The van der Waals surface area contributed by atoms with Crippen molar-refractivity contribution < 1.29 is 4.79 Å². The molecule has 0 bridgehead atoms. The second-order valence-electron chi connectivity index (χ2n) is 4.15. The summed E-state index contributed by atoms with van der Waals surface area (Å²) in [5, 5.41) is 22.5. The second-order valence-corrected chi connectivity index (χ2v) is 5.07. The lowest BCUT2D eigenvalue weighted by Gasteiger charge is -2.05. The summed E-state index contributed by atoms with van der Waals surface area (Å²) in [6, 6.07) is 1.80. The van der Waals surface area contributed by atoms with Gasteiger partial charge in [0.15, 0.2) is 0 Å². The molecule has 3 rings (SSSR count). The Morgan fingerprint density at radius 3 is 2.95 bits per heavy atom.